The van der Waals surface area contributed by atoms with E-state index in [2.05, 4.69) is 17.3 Å². The summed E-state index contributed by atoms with van der Waals surface area (Å²) < 4.78 is 18.0. The first-order chi connectivity index (χ1) is 9.22. The van der Waals surface area contributed by atoms with E-state index in [0.29, 0.717) is 0 Å². The number of halogens is 1. The highest BCUT2D eigenvalue weighted by Crippen LogP contribution is 2.04. The topological polar surface area (TPSA) is 24.5 Å². The Morgan fingerprint density at radius 2 is 1.95 bits per heavy atom. The molecule has 108 valence electrons. The summed E-state index contributed by atoms with van der Waals surface area (Å²) in [6.45, 7) is 7.41. The van der Waals surface area contributed by atoms with Crippen molar-refractivity contribution in [3.8, 4) is 0 Å². The minimum Gasteiger partial charge on any atom is -0.382 e. The summed E-state index contributed by atoms with van der Waals surface area (Å²) in [4.78, 5) is 2.22. The van der Waals surface area contributed by atoms with Crippen molar-refractivity contribution < 1.29 is 9.13 Å². The van der Waals surface area contributed by atoms with E-state index in [-0.39, 0.29) is 5.82 Å². The molecule has 0 amide bonds. The van der Waals surface area contributed by atoms with E-state index < -0.39 is 0 Å². The van der Waals surface area contributed by atoms with Gasteiger partial charge in [-0.15, -0.1) is 0 Å². The predicted octanol–water partition coefficient (Wildman–Crippen LogP) is 2.27. The highest BCUT2D eigenvalue weighted by atomic mass is 19.1. The van der Waals surface area contributed by atoms with Gasteiger partial charge in [-0.25, -0.2) is 4.39 Å². The van der Waals surface area contributed by atoms with Gasteiger partial charge in [0.15, 0.2) is 0 Å². The van der Waals surface area contributed by atoms with Gasteiger partial charge in [-0.05, 0) is 44.6 Å². The lowest BCUT2D eigenvalue weighted by atomic mass is 10.2. The number of hydrogen-bond acceptors (Lipinski definition) is 3. The zero-order valence-corrected chi connectivity index (χ0v) is 12.0. The van der Waals surface area contributed by atoms with Crippen molar-refractivity contribution in [3.05, 3.63) is 35.6 Å². The number of benzene rings is 1. The van der Waals surface area contributed by atoms with E-state index in [1.54, 1.807) is 0 Å². The number of ether oxygens (including phenoxy) is 1. The van der Waals surface area contributed by atoms with Crippen molar-refractivity contribution >= 4 is 0 Å². The lowest BCUT2D eigenvalue weighted by Crippen LogP contribution is -2.29. The number of nitrogens with one attached hydrogen (secondary N) is 1. The fourth-order valence-corrected chi connectivity index (χ4v) is 1.82. The minimum atomic E-state index is -0.178. The van der Waals surface area contributed by atoms with E-state index in [1.807, 2.05) is 19.1 Å². The van der Waals surface area contributed by atoms with Gasteiger partial charge in [0.05, 0.1) is 0 Å². The third kappa shape index (κ3) is 7.93. The van der Waals surface area contributed by atoms with Gasteiger partial charge in [-0.1, -0.05) is 12.1 Å². The van der Waals surface area contributed by atoms with Crippen LogP contribution in [0.25, 0.3) is 0 Å². The standard InChI is InChI=1S/C15H25FN2O/c1-3-19-12-4-9-17-10-11-18(2)13-14-5-7-15(16)8-6-14/h5-8,17H,3-4,9-13H2,1-2H3. The molecule has 0 heterocycles. The van der Waals surface area contributed by atoms with Crippen LogP contribution in [0.1, 0.15) is 18.9 Å². The average molecular weight is 268 g/mol. The Morgan fingerprint density at radius 1 is 1.21 bits per heavy atom. The van der Waals surface area contributed by atoms with Crippen LogP contribution in [0.2, 0.25) is 0 Å². The Hall–Kier alpha value is -0.970. The molecule has 0 aromatic heterocycles. The number of nitrogens with zero attached hydrogens (tertiary/aromatic N) is 1. The van der Waals surface area contributed by atoms with Crippen LogP contribution in [0, 0.1) is 5.82 Å². The molecule has 0 aliphatic carbocycles. The van der Waals surface area contributed by atoms with Gasteiger partial charge in [0, 0.05) is 32.8 Å². The number of hydrogen-bond donors (Lipinski definition) is 1. The molecule has 4 heteroatoms. The Morgan fingerprint density at radius 3 is 2.63 bits per heavy atom. The summed E-state index contributed by atoms with van der Waals surface area (Å²) in [6, 6.07) is 6.69. The number of likely N-dealkylation sites (N-methyl/N-ethyl adjacent to an activating group) is 1. The third-order valence-corrected chi connectivity index (χ3v) is 2.88. The van der Waals surface area contributed by atoms with Crippen LogP contribution < -0.4 is 5.32 Å². The molecule has 0 radical (unpaired) electrons. The van der Waals surface area contributed by atoms with Gasteiger partial charge in [0.1, 0.15) is 5.82 Å². The Balaban J connectivity index is 2.04. The van der Waals surface area contributed by atoms with Crippen LogP contribution in [-0.4, -0.2) is 44.8 Å². The van der Waals surface area contributed by atoms with Crippen LogP contribution >= 0.6 is 0 Å². The highest BCUT2D eigenvalue weighted by molar-refractivity contribution is 5.15. The molecule has 0 aliphatic rings. The molecule has 1 aromatic carbocycles. The van der Waals surface area contributed by atoms with Crippen LogP contribution in [0.5, 0.6) is 0 Å². The number of rotatable bonds is 10. The lowest BCUT2D eigenvalue weighted by molar-refractivity contribution is 0.144. The van der Waals surface area contributed by atoms with Gasteiger partial charge >= 0.3 is 0 Å². The van der Waals surface area contributed by atoms with Crippen LogP contribution in [0.4, 0.5) is 4.39 Å². The van der Waals surface area contributed by atoms with Crippen molar-refractivity contribution in [1.82, 2.24) is 10.2 Å². The normalized spacial score (nSPS) is 11.2. The van der Waals surface area contributed by atoms with Crippen LogP contribution in [0.15, 0.2) is 24.3 Å². The Kier molecular flexibility index (Phi) is 8.38. The van der Waals surface area contributed by atoms with Crippen LogP contribution in [0.3, 0.4) is 0 Å². The second-order valence-corrected chi connectivity index (χ2v) is 4.66. The summed E-state index contributed by atoms with van der Waals surface area (Å²) in [5, 5.41) is 3.39. The Bertz CT molecular complexity index is 329. The van der Waals surface area contributed by atoms with Gasteiger partial charge in [0.25, 0.3) is 0 Å². The smallest absolute Gasteiger partial charge is 0.123 e. The fourth-order valence-electron chi connectivity index (χ4n) is 1.82. The maximum Gasteiger partial charge on any atom is 0.123 e. The summed E-state index contributed by atoms with van der Waals surface area (Å²) in [6.07, 6.45) is 1.05. The molecule has 19 heavy (non-hydrogen) atoms. The first kappa shape index (κ1) is 16.1. The van der Waals surface area contributed by atoms with Crippen molar-refractivity contribution in [3.63, 3.8) is 0 Å². The summed E-state index contributed by atoms with van der Waals surface area (Å²) in [5.41, 5.74) is 1.14. The first-order valence-corrected chi connectivity index (χ1v) is 6.94. The molecular weight excluding hydrogens is 243 g/mol. The molecule has 0 bridgehead atoms. The first-order valence-electron chi connectivity index (χ1n) is 6.94. The second-order valence-electron chi connectivity index (χ2n) is 4.66. The van der Waals surface area contributed by atoms with Crippen molar-refractivity contribution in [2.24, 2.45) is 0 Å². The van der Waals surface area contributed by atoms with Gasteiger partial charge < -0.3 is 15.0 Å². The van der Waals surface area contributed by atoms with Crippen molar-refractivity contribution in [1.29, 1.82) is 0 Å². The summed E-state index contributed by atoms with van der Waals surface area (Å²) >= 11 is 0. The molecule has 0 atom stereocenters. The van der Waals surface area contributed by atoms with E-state index in [9.17, 15) is 4.39 Å². The maximum atomic E-state index is 12.8. The highest BCUT2D eigenvalue weighted by Gasteiger charge is 2.00. The quantitative estimate of drug-likeness (QED) is 0.659. The molecule has 0 unspecified atom stereocenters. The molecule has 0 saturated heterocycles. The zero-order chi connectivity index (χ0) is 13.9. The molecule has 3 nitrogen and oxygen atoms in total. The molecule has 0 aliphatic heterocycles. The Labute approximate surface area is 115 Å². The van der Waals surface area contributed by atoms with Crippen molar-refractivity contribution in [2.75, 3.05) is 39.9 Å². The van der Waals surface area contributed by atoms with Gasteiger partial charge in [-0.2, -0.15) is 0 Å². The monoisotopic (exact) mass is 268 g/mol. The zero-order valence-electron chi connectivity index (χ0n) is 12.0. The van der Waals surface area contributed by atoms with Gasteiger partial charge in [-0.3, -0.25) is 0 Å². The molecule has 1 aromatic rings. The van der Waals surface area contributed by atoms with E-state index in [1.165, 1.54) is 12.1 Å². The third-order valence-electron chi connectivity index (χ3n) is 2.88. The lowest BCUT2D eigenvalue weighted by Gasteiger charge is -2.17. The van der Waals surface area contributed by atoms with Gasteiger partial charge in [0.2, 0.25) is 0 Å². The molecule has 1 N–H and O–H groups in total. The van der Waals surface area contributed by atoms with Crippen molar-refractivity contribution in [2.45, 2.75) is 19.9 Å². The summed E-state index contributed by atoms with van der Waals surface area (Å²) in [5.74, 6) is -0.178. The molecule has 0 fully saturated rings. The molecule has 0 spiro atoms. The molecular formula is C15H25FN2O. The van der Waals surface area contributed by atoms with E-state index in [0.717, 1.165) is 51.4 Å². The largest absolute Gasteiger partial charge is 0.382 e. The predicted molar refractivity (Wildman–Crippen MR) is 76.7 cm³/mol. The SMILES string of the molecule is CCOCCCNCCN(C)Cc1ccc(F)cc1. The molecule has 0 saturated carbocycles. The van der Waals surface area contributed by atoms with Crippen LogP contribution in [-0.2, 0) is 11.3 Å². The van der Waals surface area contributed by atoms with E-state index in [4.69, 9.17) is 4.74 Å². The summed E-state index contributed by atoms with van der Waals surface area (Å²) in [7, 11) is 2.07. The fraction of sp³-hybridized carbons (Fsp3) is 0.600. The second kappa shape index (κ2) is 9.89. The molecule has 1 rings (SSSR count). The van der Waals surface area contributed by atoms with E-state index >= 15 is 0 Å². The maximum absolute atomic E-state index is 12.8. The average Bonchev–Trinajstić information content (AvgIpc) is 2.40. The minimum absolute atomic E-state index is 0.178.